The molecule has 1 nitrogen and oxygen atoms in total. The van der Waals surface area contributed by atoms with Gasteiger partial charge >= 0.3 is 0 Å². The van der Waals surface area contributed by atoms with Crippen molar-refractivity contribution in [2.75, 3.05) is 6.61 Å². The minimum atomic E-state index is -1.03. The van der Waals surface area contributed by atoms with E-state index in [2.05, 4.69) is 19.1 Å². The molecular formula is C36H40F4O. The Morgan fingerprint density at radius 2 is 1.20 bits per heavy atom. The molecule has 218 valence electrons. The van der Waals surface area contributed by atoms with Gasteiger partial charge < -0.3 is 4.74 Å². The van der Waals surface area contributed by atoms with Crippen LogP contribution in [0.3, 0.4) is 0 Å². The van der Waals surface area contributed by atoms with Gasteiger partial charge in [0.25, 0.3) is 0 Å². The Morgan fingerprint density at radius 3 is 1.76 bits per heavy atom. The van der Waals surface area contributed by atoms with E-state index in [4.69, 9.17) is 4.74 Å². The number of rotatable bonds is 8. The average Bonchev–Trinajstić information content (AvgIpc) is 3.00. The van der Waals surface area contributed by atoms with Crippen LogP contribution in [-0.2, 0) is 0 Å². The van der Waals surface area contributed by atoms with E-state index in [1.54, 1.807) is 36.4 Å². The summed E-state index contributed by atoms with van der Waals surface area (Å²) in [6.45, 7) is 4.27. The monoisotopic (exact) mass is 564 g/mol. The average molecular weight is 565 g/mol. The van der Waals surface area contributed by atoms with Gasteiger partial charge in [-0.1, -0.05) is 55.5 Å². The van der Waals surface area contributed by atoms with Crippen LogP contribution in [0.2, 0.25) is 0 Å². The number of benzene rings is 3. The molecule has 5 rings (SSSR count). The third-order valence-corrected chi connectivity index (χ3v) is 9.29. The first kappa shape index (κ1) is 29.4. The van der Waals surface area contributed by atoms with Crippen molar-refractivity contribution >= 4 is 0 Å². The molecule has 3 aromatic carbocycles. The smallest absolute Gasteiger partial charge is 0.201 e. The molecular weight excluding hydrogens is 524 g/mol. The zero-order valence-corrected chi connectivity index (χ0v) is 24.1. The van der Waals surface area contributed by atoms with Gasteiger partial charge in [0.05, 0.1) is 6.61 Å². The topological polar surface area (TPSA) is 9.23 Å². The quantitative estimate of drug-likeness (QED) is 0.195. The Labute approximate surface area is 241 Å². The van der Waals surface area contributed by atoms with E-state index < -0.39 is 23.3 Å². The highest BCUT2D eigenvalue weighted by Gasteiger charge is 2.32. The molecule has 41 heavy (non-hydrogen) atoms. The standard InChI is InChI=1S/C36H40F4O/c1-3-5-23-6-8-24(9-7-23)25-10-12-26(13-11-25)29-18-19-30(34(38)33(29)37)27-14-16-28(17-15-27)31-20-21-32(41-22-4-2)36(40)35(31)39/h3,5,14-21,23-26H,4,6-13,22H2,1-2H3/b5-3+. The Morgan fingerprint density at radius 1 is 0.659 bits per heavy atom. The van der Waals surface area contributed by atoms with Gasteiger partial charge in [-0.15, -0.1) is 0 Å². The van der Waals surface area contributed by atoms with Crippen molar-refractivity contribution in [3.8, 4) is 28.0 Å². The molecule has 0 amide bonds. The first-order valence-corrected chi connectivity index (χ1v) is 15.2. The van der Waals surface area contributed by atoms with E-state index in [9.17, 15) is 8.78 Å². The second kappa shape index (κ2) is 13.3. The summed E-state index contributed by atoms with van der Waals surface area (Å²) >= 11 is 0. The molecule has 0 N–H and O–H groups in total. The second-order valence-electron chi connectivity index (χ2n) is 11.8. The molecule has 0 heterocycles. The van der Waals surface area contributed by atoms with Crippen LogP contribution in [0.25, 0.3) is 22.3 Å². The third kappa shape index (κ3) is 6.39. The summed E-state index contributed by atoms with van der Waals surface area (Å²) in [5, 5.41) is 0. The fourth-order valence-electron chi connectivity index (χ4n) is 6.99. The lowest BCUT2D eigenvalue weighted by atomic mass is 9.68. The minimum absolute atomic E-state index is 0.0405. The Hall–Kier alpha value is -3.08. The molecule has 0 saturated heterocycles. The van der Waals surface area contributed by atoms with Crippen molar-refractivity contribution in [3.63, 3.8) is 0 Å². The zero-order valence-electron chi connectivity index (χ0n) is 24.1. The fourth-order valence-corrected chi connectivity index (χ4v) is 6.99. The maximum Gasteiger partial charge on any atom is 0.201 e. The molecule has 2 fully saturated rings. The largest absolute Gasteiger partial charge is 0.490 e. The molecule has 0 bridgehead atoms. The normalized spacial score (nSPS) is 23.2. The van der Waals surface area contributed by atoms with Crippen molar-refractivity contribution < 1.29 is 22.3 Å². The molecule has 5 heteroatoms. The van der Waals surface area contributed by atoms with Crippen LogP contribution in [0.5, 0.6) is 5.75 Å². The highest BCUT2D eigenvalue weighted by atomic mass is 19.2. The van der Waals surface area contributed by atoms with Crippen molar-refractivity contribution in [1.29, 1.82) is 0 Å². The van der Waals surface area contributed by atoms with Gasteiger partial charge in [-0.05, 0) is 117 Å². The summed E-state index contributed by atoms with van der Waals surface area (Å²) in [4.78, 5) is 0. The first-order chi connectivity index (χ1) is 19.9. The lowest BCUT2D eigenvalue weighted by Crippen LogP contribution is -2.25. The molecule has 0 spiro atoms. The zero-order chi connectivity index (χ0) is 28.9. The van der Waals surface area contributed by atoms with Gasteiger partial charge in [0.15, 0.2) is 23.2 Å². The molecule has 0 unspecified atom stereocenters. The SMILES string of the molecule is C/C=C/C1CCC(C2CCC(c3ccc(-c4ccc(-c5ccc(OCCC)c(F)c5F)cc4)c(F)c3F)CC2)CC1. The van der Waals surface area contributed by atoms with E-state index in [0.29, 0.717) is 35.6 Å². The lowest BCUT2D eigenvalue weighted by molar-refractivity contribution is 0.170. The van der Waals surface area contributed by atoms with E-state index in [1.807, 2.05) is 6.92 Å². The van der Waals surface area contributed by atoms with Crippen LogP contribution >= 0.6 is 0 Å². The molecule has 0 radical (unpaired) electrons. The summed E-state index contributed by atoms with van der Waals surface area (Å²) in [7, 11) is 0. The number of hydrogen-bond donors (Lipinski definition) is 0. The highest BCUT2D eigenvalue weighted by Crippen LogP contribution is 2.45. The van der Waals surface area contributed by atoms with Crippen molar-refractivity contribution in [2.24, 2.45) is 17.8 Å². The molecule has 2 aliphatic rings. The summed E-state index contributed by atoms with van der Waals surface area (Å²) < 4.78 is 65.2. The van der Waals surface area contributed by atoms with Gasteiger partial charge in [0.2, 0.25) is 5.82 Å². The number of ether oxygens (including phenoxy) is 1. The van der Waals surface area contributed by atoms with E-state index in [0.717, 1.165) is 37.5 Å². The van der Waals surface area contributed by atoms with Gasteiger partial charge in [-0.25, -0.2) is 13.2 Å². The number of halogens is 4. The van der Waals surface area contributed by atoms with E-state index in [1.165, 1.54) is 37.8 Å². The van der Waals surface area contributed by atoms with E-state index >= 15 is 8.78 Å². The van der Waals surface area contributed by atoms with Crippen molar-refractivity contribution in [3.05, 3.63) is 89.5 Å². The Kier molecular flexibility index (Phi) is 9.52. The molecule has 2 aliphatic carbocycles. The van der Waals surface area contributed by atoms with Gasteiger partial charge in [0.1, 0.15) is 0 Å². The highest BCUT2D eigenvalue weighted by molar-refractivity contribution is 5.72. The van der Waals surface area contributed by atoms with Crippen molar-refractivity contribution in [2.45, 2.75) is 77.6 Å². The van der Waals surface area contributed by atoms with E-state index in [-0.39, 0.29) is 22.8 Å². The predicted octanol–water partition coefficient (Wildman–Crippen LogP) is 11.0. The summed E-state index contributed by atoms with van der Waals surface area (Å²) in [5.74, 6) is -1.55. The van der Waals surface area contributed by atoms with Crippen LogP contribution in [0.4, 0.5) is 17.6 Å². The van der Waals surface area contributed by atoms with Crippen LogP contribution in [0, 0.1) is 41.0 Å². The fraction of sp³-hybridized carbons (Fsp3) is 0.444. The van der Waals surface area contributed by atoms with Gasteiger partial charge in [0, 0.05) is 11.1 Å². The lowest BCUT2D eigenvalue weighted by Gasteiger charge is -2.37. The third-order valence-electron chi connectivity index (χ3n) is 9.29. The van der Waals surface area contributed by atoms with Crippen LogP contribution < -0.4 is 4.74 Å². The van der Waals surface area contributed by atoms with Crippen LogP contribution in [0.1, 0.15) is 83.1 Å². The van der Waals surface area contributed by atoms with Crippen molar-refractivity contribution in [1.82, 2.24) is 0 Å². The predicted molar refractivity (Wildman–Crippen MR) is 158 cm³/mol. The molecule has 0 aliphatic heterocycles. The number of allylic oxidation sites excluding steroid dienone is 2. The summed E-state index contributed by atoms with van der Waals surface area (Å²) in [5.41, 5.74) is 1.65. The number of hydrogen-bond acceptors (Lipinski definition) is 1. The molecule has 0 atom stereocenters. The van der Waals surface area contributed by atoms with Gasteiger partial charge in [-0.3, -0.25) is 0 Å². The maximum absolute atomic E-state index is 15.4. The Bertz CT molecular complexity index is 1350. The second-order valence-corrected chi connectivity index (χ2v) is 11.8. The maximum atomic E-state index is 15.4. The summed E-state index contributed by atoms with van der Waals surface area (Å²) in [6.07, 6.45) is 14.2. The Balaban J connectivity index is 1.25. The molecule has 0 aromatic heterocycles. The summed E-state index contributed by atoms with van der Waals surface area (Å²) in [6, 6.07) is 12.7. The molecule has 3 aromatic rings. The van der Waals surface area contributed by atoms with Gasteiger partial charge in [-0.2, -0.15) is 4.39 Å². The molecule has 2 saturated carbocycles. The van der Waals surface area contributed by atoms with Crippen LogP contribution in [-0.4, -0.2) is 6.61 Å². The first-order valence-electron chi connectivity index (χ1n) is 15.2. The van der Waals surface area contributed by atoms with Crippen LogP contribution in [0.15, 0.2) is 60.7 Å². The minimum Gasteiger partial charge on any atom is -0.490 e.